The summed E-state index contributed by atoms with van der Waals surface area (Å²) in [5, 5.41) is 14.7. The molecule has 5 heteroatoms. The largest absolute Gasteiger partial charge is 0.506 e. The molecular weight excluding hydrogens is 244 g/mol. The smallest absolute Gasteiger partial charge is 0.243 e. The first-order valence-electron chi connectivity index (χ1n) is 6.08. The lowest BCUT2D eigenvalue weighted by molar-refractivity contribution is -0.130. The van der Waals surface area contributed by atoms with E-state index in [-0.39, 0.29) is 24.1 Å². The van der Waals surface area contributed by atoms with Gasteiger partial charge in [0.25, 0.3) is 0 Å². The van der Waals surface area contributed by atoms with Gasteiger partial charge in [0.05, 0.1) is 12.2 Å². The zero-order valence-electron chi connectivity index (χ0n) is 11.7. The molecule has 0 aliphatic rings. The zero-order chi connectivity index (χ0) is 14.6. The maximum atomic E-state index is 11.6. The minimum atomic E-state index is -0.535. The predicted octanol–water partition coefficient (Wildman–Crippen LogP) is 1.80. The Morgan fingerprint density at radius 3 is 2.42 bits per heavy atom. The summed E-state index contributed by atoms with van der Waals surface area (Å²) in [5.41, 5.74) is 0.698. The van der Waals surface area contributed by atoms with Gasteiger partial charge in [-0.2, -0.15) is 0 Å². The van der Waals surface area contributed by atoms with Gasteiger partial charge >= 0.3 is 0 Å². The molecule has 0 unspecified atom stereocenters. The average molecular weight is 264 g/mol. The lowest BCUT2D eigenvalue weighted by Gasteiger charge is -2.17. The topological polar surface area (TPSA) is 78.4 Å². The third-order valence-corrected chi connectivity index (χ3v) is 2.52. The van der Waals surface area contributed by atoms with Crippen molar-refractivity contribution in [1.29, 1.82) is 0 Å². The number of anilines is 1. The Kier molecular flexibility index (Phi) is 4.53. The number of aromatic hydroxyl groups is 1. The maximum Gasteiger partial charge on any atom is 0.243 e. The van der Waals surface area contributed by atoms with E-state index in [9.17, 15) is 14.7 Å². The molecule has 0 aliphatic carbocycles. The van der Waals surface area contributed by atoms with Crippen molar-refractivity contribution in [2.24, 2.45) is 5.41 Å². The van der Waals surface area contributed by atoms with Crippen LogP contribution in [0.25, 0.3) is 0 Å². The third kappa shape index (κ3) is 4.62. The fourth-order valence-electron chi connectivity index (χ4n) is 1.37. The third-order valence-electron chi connectivity index (χ3n) is 2.52. The van der Waals surface area contributed by atoms with Crippen LogP contribution in [0.2, 0.25) is 0 Å². The average Bonchev–Trinajstić information content (AvgIpc) is 2.28. The molecule has 1 aromatic rings. The summed E-state index contributed by atoms with van der Waals surface area (Å²) in [6.45, 7) is 7.03. The molecule has 0 bridgehead atoms. The van der Waals surface area contributed by atoms with Crippen LogP contribution in [0.3, 0.4) is 0 Å². The molecular formula is C14H20N2O3. The molecule has 0 aromatic heterocycles. The van der Waals surface area contributed by atoms with Gasteiger partial charge in [-0.15, -0.1) is 0 Å². The van der Waals surface area contributed by atoms with Gasteiger partial charge in [-0.3, -0.25) is 9.59 Å². The molecule has 0 radical (unpaired) electrons. The number of benzene rings is 1. The highest BCUT2D eigenvalue weighted by Gasteiger charge is 2.21. The van der Waals surface area contributed by atoms with Crippen LogP contribution in [-0.2, 0) is 9.59 Å². The molecule has 0 saturated carbocycles. The van der Waals surface area contributed by atoms with Crippen molar-refractivity contribution >= 4 is 17.5 Å². The van der Waals surface area contributed by atoms with E-state index < -0.39 is 5.41 Å². The van der Waals surface area contributed by atoms with Crippen molar-refractivity contribution in [3.05, 3.63) is 23.8 Å². The van der Waals surface area contributed by atoms with Crippen molar-refractivity contribution in [2.45, 2.75) is 27.7 Å². The molecule has 0 spiro atoms. The summed E-state index contributed by atoms with van der Waals surface area (Å²) in [4.78, 5) is 23.2. The van der Waals surface area contributed by atoms with E-state index in [1.54, 1.807) is 39.0 Å². The first kappa shape index (κ1) is 15.0. The van der Waals surface area contributed by atoms with Crippen LogP contribution >= 0.6 is 0 Å². The molecule has 0 atom stereocenters. The Morgan fingerprint density at radius 2 is 1.89 bits per heavy atom. The van der Waals surface area contributed by atoms with Gasteiger partial charge in [0.15, 0.2) is 0 Å². The van der Waals surface area contributed by atoms with Crippen LogP contribution in [-0.4, -0.2) is 23.5 Å². The lowest BCUT2D eigenvalue weighted by atomic mass is 9.96. The van der Waals surface area contributed by atoms with E-state index in [0.717, 1.165) is 5.56 Å². The number of phenolic OH excluding ortho intramolecular Hbond substituents is 1. The number of hydrogen-bond donors (Lipinski definition) is 3. The molecule has 3 N–H and O–H groups in total. The fourth-order valence-corrected chi connectivity index (χ4v) is 1.37. The second-order valence-corrected chi connectivity index (χ2v) is 5.50. The molecule has 104 valence electrons. The summed E-state index contributed by atoms with van der Waals surface area (Å²) in [7, 11) is 0. The quantitative estimate of drug-likeness (QED) is 0.728. The Hall–Kier alpha value is -2.04. The maximum absolute atomic E-state index is 11.6. The summed E-state index contributed by atoms with van der Waals surface area (Å²) >= 11 is 0. The van der Waals surface area contributed by atoms with Gasteiger partial charge < -0.3 is 15.7 Å². The van der Waals surface area contributed by atoms with Gasteiger partial charge in [-0.05, 0) is 24.6 Å². The summed E-state index contributed by atoms with van der Waals surface area (Å²) < 4.78 is 0. The number of carbonyl (C=O) groups is 2. The van der Waals surface area contributed by atoms with E-state index in [0.29, 0.717) is 5.69 Å². The highest BCUT2D eigenvalue weighted by molar-refractivity contribution is 5.96. The van der Waals surface area contributed by atoms with Gasteiger partial charge in [0, 0.05) is 5.41 Å². The number of carbonyl (C=O) groups excluding carboxylic acids is 2. The van der Waals surface area contributed by atoms with Crippen molar-refractivity contribution in [3.63, 3.8) is 0 Å². The number of aryl methyl sites for hydroxylation is 1. The molecule has 5 nitrogen and oxygen atoms in total. The van der Waals surface area contributed by atoms with E-state index in [4.69, 9.17) is 0 Å². The fraction of sp³-hybridized carbons (Fsp3) is 0.429. The number of nitrogens with one attached hydrogen (secondary N) is 2. The van der Waals surface area contributed by atoms with Crippen LogP contribution in [0.15, 0.2) is 18.2 Å². The summed E-state index contributed by atoms with van der Waals surface area (Å²) in [5.74, 6) is -0.567. The summed E-state index contributed by atoms with van der Waals surface area (Å²) in [6.07, 6.45) is 0. The molecule has 0 aliphatic heterocycles. The summed E-state index contributed by atoms with van der Waals surface area (Å²) in [6, 6.07) is 4.96. The Labute approximate surface area is 113 Å². The van der Waals surface area contributed by atoms with Crippen molar-refractivity contribution < 1.29 is 14.7 Å². The zero-order valence-corrected chi connectivity index (χ0v) is 11.7. The van der Waals surface area contributed by atoms with Gasteiger partial charge in [0.2, 0.25) is 11.8 Å². The van der Waals surface area contributed by atoms with Crippen LogP contribution in [0, 0.1) is 12.3 Å². The molecule has 0 fully saturated rings. The molecule has 1 aromatic carbocycles. The van der Waals surface area contributed by atoms with Gasteiger partial charge in [-0.1, -0.05) is 26.8 Å². The second kappa shape index (κ2) is 5.73. The minimum absolute atomic E-state index is 0.00972. The SMILES string of the molecule is Cc1ccc(NC(=O)CNC(=O)C(C)(C)C)c(O)c1. The van der Waals surface area contributed by atoms with Crippen LogP contribution < -0.4 is 10.6 Å². The number of rotatable bonds is 3. The molecule has 19 heavy (non-hydrogen) atoms. The van der Waals surface area contributed by atoms with Gasteiger partial charge in [0.1, 0.15) is 5.75 Å². The van der Waals surface area contributed by atoms with Crippen LogP contribution in [0.1, 0.15) is 26.3 Å². The van der Waals surface area contributed by atoms with E-state index >= 15 is 0 Å². The van der Waals surface area contributed by atoms with Crippen LogP contribution in [0.4, 0.5) is 5.69 Å². The Bertz CT molecular complexity index is 490. The normalized spacial score (nSPS) is 10.9. The van der Waals surface area contributed by atoms with Crippen molar-refractivity contribution in [2.75, 3.05) is 11.9 Å². The predicted molar refractivity (Wildman–Crippen MR) is 73.9 cm³/mol. The second-order valence-electron chi connectivity index (χ2n) is 5.50. The lowest BCUT2D eigenvalue weighted by Crippen LogP contribution is -2.39. The standard InChI is InChI=1S/C14H20N2O3/c1-9-5-6-10(11(17)7-9)16-12(18)8-15-13(19)14(2,3)4/h5-7,17H,8H2,1-4H3,(H,15,19)(H,16,18). The molecule has 0 saturated heterocycles. The molecule has 1 rings (SSSR count). The minimum Gasteiger partial charge on any atom is -0.506 e. The molecule has 2 amide bonds. The van der Waals surface area contributed by atoms with Gasteiger partial charge in [-0.25, -0.2) is 0 Å². The Morgan fingerprint density at radius 1 is 1.26 bits per heavy atom. The van der Waals surface area contributed by atoms with Crippen molar-refractivity contribution in [3.8, 4) is 5.75 Å². The van der Waals surface area contributed by atoms with E-state index in [1.807, 2.05) is 6.92 Å². The number of hydrogen-bond acceptors (Lipinski definition) is 3. The first-order valence-corrected chi connectivity index (χ1v) is 6.08. The highest BCUT2D eigenvalue weighted by atomic mass is 16.3. The Balaban J connectivity index is 2.54. The van der Waals surface area contributed by atoms with Crippen molar-refractivity contribution in [1.82, 2.24) is 5.32 Å². The monoisotopic (exact) mass is 264 g/mol. The van der Waals surface area contributed by atoms with E-state index in [2.05, 4.69) is 10.6 Å². The number of phenols is 1. The van der Waals surface area contributed by atoms with E-state index in [1.165, 1.54) is 0 Å². The first-order chi connectivity index (χ1) is 8.70. The van der Waals surface area contributed by atoms with Crippen LogP contribution in [0.5, 0.6) is 5.75 Å². The highest BCUT2D eigenvalue weighted by Crippen LogP contribution is 2.23. The molecule has 0 heterocycles. The number of amides is 2.